The van der Waals surface area contributed by atoms with Gasteiger partial charge >= 0.3 is 0 Å². The van der Waals surface area contributed by atoms with Crippen LogP contribution in [0.5, 0.6) is 5.75 Å². The molecule has 0 heterocycles. The van der Waals surface area contributed by atoms with E-state index in [2.05, 4.69) is 21.2 Å². The topological polar surface area (TPSA) is 38.3 Å². The third-order valence-corrected chi connectivity index (χ3v) is 3.08. The van der Waals surface area contributed by atoms with E-state index in [4.69, 9.17) is 16.3 Å². The van der Waals surface area contributed by atoms with Gasteiger partial charge in [0.1, 0.15) is 5.75 Å². The molecule has 0 saturated heterocycles. The van der Waals surface area contributed by atoms with E-state index in [-0.39, 0.29) is 10.2 Å². The maximum absolute atomic E-state index is 10.9. The van der Waals surface area contributed by atoms with Crippen molar-refractivity contribution in [3.63, 3.8) is 0 Å². The molecule has 17 heavy (non-hydrogen) atoms. The second-order valence-corrected chi connectivity index (χ2v) is 5.51. The summed E-state index contributed by atoms with van der Waals surface area (Å²) in [6.07, 6.45) is 0. The molecule has 0 atom stereocenters. The number of hydrogen-bond donors (Lipinski definition) is 1. The van der Waals surface area contributed by atoms with Crippen LogP contribution in [0.2, 0.25) is 5.02 Å². The van der Waals surface area contributed by atoms with Crippen LogP contribution in [0, 0.1) is 0 Å². The maximum Gasteiger partial charge on any atom is 0.287 e. The number of carbonyl (C=O) groups excluding carboxylic acids is 1. The van der Waals surface area contributed by atoms with Gasteiger partial charge in [0.05, 0.1) is 7.11 Å². The van der Waals surface area contributed by atoms with E-state index in [1.54, 1.807) is 13.2 Å². The van der Waals surface area contributed by atoms with Crippen LogP contribution < -0.4 is 10.1 Å². The van der Waals surface area contributed by atoms with Crippen molar-refractivity contribution in [3.8, 4) is 5.75 Å². The van der Waals surface area contributed by atoms with E-state index in [9.17, 15) is 4.79 Å². The van der Waals surface area contributed by atoms with Crippen LogP contribution in [-0.4, -0.2) is 18.5 Å². The van der Waals surface area contributed by atoms with Gasteiger partial charge in [-0.15, -0.1) is 0 Å². The lowest BCUT2D eigenvalue weighted by atomic mass is 9.84. The monoisotopic (exact) mass is 319 g/mol. The van der Waals surface area contributed by atoms with Crippen molar-refractivity contribution in [1.29, 1.82) is 0 Å². The molecule has 0 unspecified atom stereocenters. The highest BCUT2D eigenvalue weighted by molar-refractivity contribution is 9.18. The molecule has 94 valence electrons. The fourth-order valence-electron chi connectivity index (χ4n) is 1.59. The minimum absolute atomic E-state index is 0.230. The summed E-state index contributed by atoms with van der Waals surface area (Å²) in [6.45, 7) is 4.53. The van der Waals surface area contributed by atoms with Gasteiger partial charge in [-0.3, -0.25) is 4.79 Å². The summed E-state index contributed by atoms with van der Waals surface area (Å²) >= 11 is 8.83. The second-order valence-electron chi connectivity index (χ2n) is 4.36. The molecule has 0 aliphatic heterocycles. The van der Waals surface area contributed by atoms with Crippen LogP contribution in [0.15, 0.2) is 18.2 Å². The molecule has 0 fully saturated rings. The van der Waals surface area contributed by atoms with Crippen molar-refractivity contribution in [2.75, 3.05) is 13.7 Å². The second kappa shape index (κ2) is 5.74. The molecule has 3 nitrogen and oxygen atoms in total. The number of hydrogen-bond acceptors (Lipinski definition) is 2. The first kappa shape index (κ1) is 14.3. The zero-order chi connectivity index (χ0) is 13.1. The smallest absolute Gasteiger partial charge is 0.287 e. The highest BCUT2D eigenvalue weighted by Crippen LogP contribution is 2.33. The first-order chi connectivity index (χ1) is 7.86. The van der Waals surface area contributed by atoms with Gasteiger partial charge in [0.2, 0.25) is 0 Å². The summed E-state index contributed by atoms with van der Waals surface area (Å²) in [5.74, 6) is 0.767. The number of halogens is 2. The average Bonchev–Trinajstić information content (AvgIpc) is 2.26. The SMILES string of the molecule is COc1ccc(Cl)cc1C(C)(C)CNC(=O)Br. The Hall–Kier alpha value is -0.740. The molecule has 5 heteroatoms. The summed E-state index contributed by atoms with van der Waals surface area (Å²) in [6, 6.07) is 5.47. The molecule has 1 rings (SSSR count). The van der Waals surface area contributed by atoms with E-state index in [1.165, 1.54) is 0 Å². The van der Waals surface area contributed by atoms with Crippen LogP contribution in [0.1, 0.15) is 19.4 Å². The molecule has 0 aliphatic rings. The van der Waals surface area contributed by atoms with Gasteiger partial charge < -0.3 is 10.1 Å². The largest absolute Gasteiger partial charge is 0.496 e. The maximum atomic E-state index is 10.9. The van der Waals surface area contributed by atoms with Crippen LogP contribution in [0.4, 0.5) is 4.79 Å². The molecule has 1 aromatic carbocycles. The molecule has 0 bridgehead atoms. The minimum Gasteiger partial charge on any atom is -0.496 e. The summed E-state index contributed by atoms with van der Waals surface area (Å²) < 4.78 is 5.31. The number of ether oxygens (including phenoxy) is 1. The fraction of sp³-hybridized carbons (Fsp3) is 0.417. The summed E-state index contributed by atoms with van der Waals surface area (Å²) in [5.41, 5.74) is 0.702. The van der Waals surface area contributed by atoms with Crippen molar-refractivity contribution < 1.29 is 9.53 Å². The lowest BCUT2D eigenvalue weighted by Crippen LogP contribution is -2.34. The van der Waals surface area contributed by atoms with Gasteiger partial charge in [-0.25, -0.2) is 0 Å². The summed E-state index contributed by atoms with van der Waals surface area (Å²) in [5, 5.41) is 3.39. The van der Waals surface area contributed by atoms with E-state index < -0.39 is 0 Å². The van der Waals surface area contributed by atoms with E-state index >= 15 is 0 Å². The molecule has 0 spiro atoms. The first-order valence-electron chi connectivity index (χ1n) is 5.14. The number of nitrogens with one attached hydrogen (secondary N) is 1. The van der Waals surface area contributed by atoms with Crippen LogP contribution in [0.3, 0.4) is 0 Å². The van der Waals surface area contributed by atoms with E-state index in [0.29, 0.717) is 11.6 Å². The van der Waals surface area contributed by atoms with E-state index in [0.717, 1.165) is 11.3 Å². The molecule has 0 radical (unpaired) electrons. The van der Waals surface area contributed by atoms with Gasteiger partial charge in [0.15, 0.2) is 0 Å². The highest BCUT2D eigenvalue weighted by atomic mass is 79.9. The molecule has 1 aromatic rings. The number of carbonyl (C=O) groups is 1. The Morgan fingerprint density at radius 2 is 2.18 bits per heavy atom. The Kier molecular flexibility index (Phi) is 4.83. The molecular formula is C12H15BrClNO2. The third-order valence-electron chi connectivity index (χ3n) is 2.56. The van der Waals surface area contributed by atoms with E-state index in [1.807, 2.05) is 26.0 Å². The predicted octanol–water partition coefficient (Wildman–Crippen LogP) is 3.73. The zero-order valence-electron chi connectivity index (χ0n) is 10.0. The van der Waals surface area contributed by atoms with Crippen molar-refractivity contribution >= 4 is 32.3 Å². The Labute approximate surface area is 115 Å². The number of methoxy groups -OCH3 is 1. The van der Waals surface area contributed by atoms with Gasteiger partial charge in [-0.2, -0.15) is 0 Å². The van der Waals surface area contributed by atoms with Gasteiger partial charge in [-0.05, 0) is 18.2 Å². The Morgan fingerprint density at radius 1 is 1.53 bits per heavy atom. The van der Waals surface area contributed by atoms with Crippen molar-refractivity contribution in [1.82, 2.24) is 5.32 Å². The van der Waals surface area contributed by atoms with Gasteiger partial charge in [0.25, 0.3) is 4.82 Å². The molecule has 0 aliphatic carbocycles. The highest BCUT2D eigenvalue weighted by Gasteiger charge is 2.25. The Morgan fingerprint density at radius 3 is 2.71 bits per heavy atom. The van der Waals surface area contributed by atoms with Crippen LogP contribution in [0.25, 0.3) is 0 Å². The lowest BCUT2D eigenvalue weighted by molar-refractivity contribution is 0.259. The molecule has 1 amide bonds. The van der Waals surface area contributed by atoms with Gasteiger partial charge in [0, 0.05) is 38.5 Å². The van der Waals surface area contributed by atoms with Crippen LogP contribution in [-0.2, 0) is 5.41 Å². The quantitative estimate of drug-likeness (QED) is 0.678. The third kappa shape index (κ3) is 3.89. The standard InChI is InChI=1S/C12H15BrClNO2/c1-12(2,7-15-11(13)16)9-6-8(14)4-5-10(9)17-3/h4-6H,7H2,1-3H3,(H,15,16). The van der Waals surface area contributed by atoms with Crippen molar-refractivity contribution in [2.24, 2.45) is 0 Å². The summed E-state index contributed by atoms with van der Waals surface area (Å²) in [7, 11) is 1.62. The molecule has 0 aromatic heterocycles. The lowest BCUT2D eigenvalue weighted by Gasteiger charge is -2.27. The molecule has 0 saturated carbocycles. The first-order valence-corrected chi connectivity index (χ1v) is 6.31. The average molecular weight is 321 g/mol. The fourth-order valence-corrected chi connectivity index (χ4v) is 1.91. The predicted molar refractivity (Wildman–Crippen MR) is 73.4 cm³/mol. The van der Waals surface area contributed by atoms with Crippen molar-refractivity contribution in [2.45, 2.75) is 19.3 Å². The minimum atomic E-state index is -0.264. The zero-order valence-corrected chi connectivity index (χ0v) is 12.4. The number of amides is 1. The number of benzene rings is 1. The summed E-state index contributed by atoms with van der Waals surface area (Å²) in [4.78, 5) is 10.7. The normalized spacial score (nSPS) is 11.1. The van der Waals surface area contributed by atoms with Gasteiger partial charge in [-0.1, -0.05) is 25.4 Å². The van der Waals surface area contributed by atoms with Crippen LogP contribution >= 0.6 is 27.5 Å². The Balaban J connectivity index is 3.03. The number of rotatable bonds is 4. The molecular weight excluding hydrogens is 305 g/mol. The molecule has 1 N–H and O–H groups in total. The van der Waals surface area contributed by atoms with Crippen molar-refractivity contribution in [3.05, 3.63) is 28.8 Å². The Bertz CT molecular complexity index is 421.